The lowest BCUT2D eigenvalue weighted by Gasteiger charge is -2.21. The molecule has 3 heteroatoms. The van der Waals surface area contributed by atoms with E-state index < -0.39 is 0 Å². The van der Waals surface area contributed by atoms with Crippen molar-refractivity contribution in [3.63, 3.8) is 0 Å². The van der Waals surface area contributed by atoms with Gasteiger partial charge in [-0.1, -0.05) is 32.4 Å². The Morgan fingerprint density at radius 2 is 2.00 bits per heavy atom. The molecular weight excluding hydrogens is 238 g/mol. The lowest BCUT2D eigenvalue weighted by Crippen LogP contribution is -2.23. The minimum absolute atomic E-state index is 0.257. The first-order chi connectivity index (χ1) is 9.07. The minimum atomic E-state index is 0.257. The van der Waals surface area contributed by atoms with Gasteiger partial charge in [0.2, 0.25) is 0 Å². The Morgan fingerprint density at radius 3 is 2.68 bits per heavy atom. The zero-order chi connectivity index (χ0) is 14.1. The van der Waals surface area contributed by atoms with E-state index in [1.54, 1.807) is 7.11 Å². The summed E-state index contributed by atoms with van der Waals surface area (Å²) in [7, 11) is 1.68. The van der Waals surface area contributed by atoms with Crippen molar-refractivity contribution in [1.82, 2.24) is 0 Å². The van der Waals surface area contributed by atoms with Gasteiger partial charge in [-0.25, -0.2) is 0 Å². The molecule has 3 nitrogen and oxygen atoms in total. The number of unbranched alkanes of at least 4 members (excludes halogenated alkanes) is 1. The fourth-order valence-corrected chi connectivity index (χ4v) is 1.86. The molecule has 0 aliphatic heterocycles. The van der Waals surface area contributed by atoms with Crippen molar-refractivity contribution in [2.24, 2.45) is 11.1 Å². The molecular formula is C16H27NO2. The van der Waals surface area contributed by atoms with Gasteiger partial charge in [-0.05, 0) is 42.5 Å². The molecule has 0 aliphatic carbocycles. The molecule has 0 amide bonds. The predicted molar refractivity (Wildman–Crippen MR) is 79.3 cm³/mol. The molecule has 0 heterocycles. The third-order valence-electron chi connectivity index (χ3n) is 3.35. The van der Waals surface area contributed by atoms with Gasteiger partial charge in [0.25, 0.3) is 0 Å². The summed E-state index contributed by atoms with van der Waals surface area (Å²) >= 11 is 0. The molecule has 0 unspecified atom stereocenters. The van der Waals surface area contributed by atoms with Crippen molar-refractivity contribution in [2.75, 3.05) is 20.3 Å². The van der Waals surface area contributed by atoms with Crippen molar-refractivity contribution < 1.29 is 9.47 Å². The Morgan fingerprint density at radius 1 is 1.21 bits per heavy atom. The number of hydrogen-bond donors (Lipinski definition) is 1. The topological polar surface area (TPSA) is 44.5 Å². The van der Waals surface area contributed by atoms with E-state index in [0.29, 0.717) is 6.61 Å². The van der Waals surface area contributed by atoms with Gasteiger partial charge < -0.3 is 15.2 Å². The number of nitrogens with two attached hydrogens (primary N) is 1. The SMILES string of the molecule is COc1cccc(COCCCCC(C)(C)CN)c1. The van der Waals surface area contributed by atoms with Gasteiger partial charge >= 0.3 is 0 Å². The zero-order valence-electron chi connectivity index (χ0n) is 12.4. The van der Waals surface area contributed by atoms with Crippen LogP contribution in [0.4, 0.5) is 0 Å². The molecule has 1 aromatic carbocycles. The molecule has 0 atom stereocenters. The second kappa shape index (κ2) is 8.18. The van der Waals surface area contributed by atoms with Crippen molar-refractivity contribution in [1.29, 1.82) is 0 Å². The van der Waals surface area contributed by atoms with Gasteiger partial charge in [0.1, 0.15) is 5.75 Å². The number of ether oxygens (including phenoxy) is 2. The first-order valence-electron chi connectivity index (χ1n) is 6.98. The molecule has 0 saturated heterocycles. The van der Waals surface area contributed by atoms with Gasteiger partial charge in [-0.3, -0.25) is 0 Å². The first kappa shape index (κ1) is 16.0. The van der Waals surface area contributed by atoms with Crippen LogP contribution in [-0.4, -0.2) is 20.3 Å². The number of methoxy groups -OCH3 is 1. The van der Waals surface area contributed by atoms with Crippen LogP contribution < -0.4 is 10.5 Å². The highest BCUT2D eigenvalue weighted by atomic mass is 16.5. The fraction of sp³-hybridized carbons (Fsp3) is 0.625. The molecule has 0 fully saturated rings. The van der Waals surface area contributed by atoms with Crippen LogP contribution in [0.15, 0.2) is 24.3 Å². The molecule has 19 heavy (non-hydrogen) atoms. The highest BCUT2D eigenvalue weighted by Gasteiger charge is 2.14. The second-order valence-corrected chi connectivity index (χ2v) is 5.73. The zero-order valence-corrected chi connectivity index (χ0v) is 12.4. The molecule has 1 rings (SSSR count). The van der Waals surface area contributed by atoms with Crippen LogP contribution in [0.25, 0.3) is 0 Å². The average molecular weight is 265 g/mol. The van der Waals surface area contributed by atoms with Gasteiger partial charge in [0.05, 0.1) is 13.7 Å². The third kappa shape index (κ3) is 6.60. The van der Waals surface area contributed by atoms with Crippen molar-refractivity contribution in [3.8, 4) is 5.75 Å². The molecule has 108 valence electrons. The van der Waals surface area contributed by atoms with Crippen LogP contribution in [-0.2, 0) is 11.3 Å². The molecule has 0 spiro atoms. The van der Waals surface area contributed by atoms with E-state index in [-0.39, 0.29) is 5.41 Å². The highest BCUT2D eigenvalue weighted by Crippen LogP contribution is 2.21. The fourth-order valence-electron chi connectivity index (χ4n) is 1.86. The van der Waals surface area contributed by atoms with E-state index in [4.69, 9.17) is 15.2 Å². The van der Waals surface area contributed by atoms with E-state index >= 15 is 0 Å². The molecule has 1 aromatic rings. The Labute approximate surface area is 117 Å². The molecule has 0 aromatic heterocycles. The van der Waals surface area contributed by atoms with Crippen LogP contribution in [0.3, 0.4) is 0 Å². The standard InChI is InChI=1S/C16H27NO2/c1-16(2,13-17)9-4-5-10-19-12-14-7-6-8-15(11-14)18-3/h6-8,11H,4-5,9-10,12-13,17H2,1-3H3. The largest absolute Gasteiger partial charge is 0.497 e. The van der Waals surface area contributed by atoms with E-state index in [9.17, 15) is 0 Å². The number of rotatable bonds is 9. The summed E-state index contributed by atoms with van der Waals surface area (Å²) in [6.45, 7) is 6.63. The summed E-state index contributed by atoms with van der Waals surface area (Å²) in [5.41, 5.74) is 7.12. The van der Waals surface area contributed by atoms with E-state index in [1.807, 2.05) is 18.2 Å². The van der Waals surface area contributed by atoms with Crippen molar-refractivity contribution >= 4 is 0 Å². The maximum absolute atomic E-state index is 5.71. The summed E-state index contributed by atoms with van der Waals surface area (Å²) in [6, 6.07) is 8.00. The van der Waals surface area contributed by atoms with Crippen LogP contribution in [0.5, 0.6) is 5.75 Å². The van der Waals surface area contributed by atoms with E-state index in [2.05, 4.69) is 19.9 Å². The smallest absolute Gasteiger partial charge is 0.119 e. The monoisotopic (exact) mass is 265 g/mol. The molecule has 0 bridgehead atoms. The molecule has 0 saturated carbocycles. The maximum atomic E-state index is 5.71. The second-order valence-electron chi connectivity index (χ2n) is 5.73. The summed E-state index contributed by atoms with van der Waals surface area (Å²) in [5, 5.41) is 0. The van der Waals surface area contributed by atoms with Crippen molar-refractivity contribution in [2.45, 2.75) is 39.7 Å². The molecule has 2 N–H and O–H groups in total. The van der Waals surface area contributed by atoms with Gasteiger partial charge in [-0.2, -0.15) is 0 Å². The maximum Gasteiger partial charge on any atom is 0.119 e. The predicted octanol–water partition coefficient (Wildman–Crippen LogP) is 3.37. The average Bonchev–Trinajstić information content (AvgIpc) is 2.43. The summed E-state index contributed by atoms with van der Waals surface area (Å²) in [6.07, 6.45) is 3.42. The van der Waals surface area contributed by atoms with Crippen molar-refractivity contribution in [3.05, 3.63) is 29.8 Å². The van der Waals surface area contributed by atoms with Crippen LogP contribution in [0.1, 0.15) is 38.7 Å². The minimum Gasteiger partial charge on any atom is -0.497 e. The third-order valence-corrected chi connectivity index (χ3v) is 3.35. The lowest BCUT2D eigenvalue weighted by molar-refractivity contribution is 0.114. The van der Waals surface area contributed by atoms with Gasteiger partial charge in [0, 0.05) is 6.61 Å². The Hall–Kier alpha value is -1.06. The number of benzene rings is 1. The van der Waals surface area contributed by atoms with Crippen LogP contribution in [0, 0.1) is 5.41 Å². The van der Waals surface area contributed by atoms with Gasteiger partial charge in [-0.15, -0.1) is 0 Å². The lowest BCUT2D eigenvalue weighted by atomic mass is 9.87. The van der Waals surface area contributed by atoms with E-state index in [1.165, 1.54) is 6.42 Å². The van der Waals surface area contributed by atoms with Crippen LogP contribution >= 0.6 is 0 Å². The quantitative estimate of drug-likeness (QED) is 0.696. The normalized spacial score (nSPS) is 11.6. The Bertz CT molecular complexity index is 364. The summed E-state index contributed by atoms with van der Waals surface area (Å²) in [5.74, 6) is 0.880. The highest BCUT2D eigenvalue weighted by molar-refractivity contribution is 5.27. The number of hydrogen-bond acceptors (Lipinski definition) is 3. The van der Waals surface area contributed by atoms with Crippen LogP contribution in [0.2, 0.25) is 0 Å². The summed E-state index contributed by atoms with van der Waals surface area (Å²) in [4.78, 5) is 0. The Balaban J connectivity index is 2.14. The molecule has 0 radical (unpaired) electrons. The Kier molecular flexibility index (Phi) is 6.89. The first-order valence-corrected chi connectivity index (χ1v) is 6.98. The van der Waals surface area contributed by atoms with Gasteiger partial charge in [0.15, 0.2) is 0 Å². The summed E-state index contributed by atoms with van der Waals surface area (Å²) < 4.78 is 10.9. The van der Waals surface area contributed by atoms with E-state index in [0.717, 1.165) is 37.3 Å². The molecule has 0 aliphatic rings.